The summed E-state index contributed by atoms with van der Waals surface area (Å²) in [5.41, 5.74) is 0.634. The second-order valence-electron chi connectivity index (χ2n) is 4.99. The van der Waals surface area contributed by atoms with Crippen LogP contribution in [0.3, 0.4) is 0 Å². The van der Waals surface area contributed by atoms with Gasteiger partial charge in [-0.05, 0) is 48.9 Å². The Morgan fingerprint density at radius 1 is 1.08 bits per heavy atom. The Labute approximate surface area is 157 Å². The van der Waals surface area contributed by atoms with Gasteiger partial charge < -0.3 is 14.2 Å². The molecule has 0 amide bonds. The van der Waals surface area contributed by atoms with E-state index >= 15 is 0 Å². The second kappa shape index (κ2) is 8.77. The zero-order valence-corrected chi connectivity index (χ0v) is 16.1. The lowest BCUT2D eigenvalue weighted by Gasteiger charge is -2.10. The second-order valence-corrected chi connectivity index (χ2v) is 7.06. The first-order chi connectivity index (χ1) is 12.4. The van der Waals surface area contributed by atoms with E-state index in [-0.39, 0.29) is 15.7 Å². The third-order valence-electron chi connectivity index (χ3n) is 3.29. The molecule has 0 aliphatic rings. The number of halogens is 1. The number of nitrogens with zero attached hydrogens (tertiary/aromatic N) is 1. The maximum Gasteiger partial charge on any atom is 0.280 e. The van der Waals surface area contributed by atoms with Crippen molar-refractivity contribution in [1.29, 1.82) is 0 Å². The standard InChI is InChI=1S/C17H19ClN2O5S/c1-4-25-16-9-12(5-7-14(16)23-2)11-19-20-26(21,22)17-10-13(18)6-8-15(17)24-3/h5-11,20H,4H2,1-3H3/b19-11+. The molecule has 0 spiro atoms. The van der Waals surface area contributed by atoms with Gasteiger partial charge in [-0.2, -0.15) is 18.4 Å². The molecule has 0 bridgehead atoms. The average molecular weight is 399 g/mol. The lowest BCUT2D eigenvalue weighted by Crippen LogP contribution is -2.19. The van der Waals surface area contributed by atoms with Crippen LogP contribution < -0.4 is 19.0 Å². The van der Waals surface area contributed by atoms with Gasteiger partial charge in [0.05, 0.1) is 27.0 Å². The quantitative estimate of drug-likeness (QED) is 0.545. The highest BCUT2D eigenvalue weighted by Gasteiger charge is 2.19. The third-order valence-corrected chi connectivity index (χ3v) is 4.77. The Morgan fingerprint density at radius 3 is 2.42 bits per heavy atom. The largest absolute Gasteiger partial charge is 0.495 e. The first-order valence-electron chi connectivity index (χ1n) is 7.60. The first-order valence-corrected chi connectivity index (χ1v) is 9.46. The third kappa shape index (κ3) is 4.80. The molecule has 0 radical (unpaired) electrons. The summed E-state index contributed by atoms with van der Waals surface area (Å²) < 4.78 is 40.6. The summed E-state index contributed by atoms with van der Waals surface area (Å²) in [4.78, 5) is 2.03. The highest BCUT2D eigenvalue weighted by atomic mass is 35.5. The van der Waals surface area contributed by atoms with Crippen LogP contribution in [0, 0.1) is 0 Å². The molecule has 0 aliphatic heterocycles. The fourth-order valence-corrected chi connectivity index (χ4v) is 3.35. The smallest absolute Gasteiger partial charge is 0.280 e. The molecule has 0 aromatic heterocycles. The van der Waals surface area contributed by atoms with Gasteiger partial charge in [0.1, 0.15) is 10.6 Å². The van der Waals surface area contributed by atoms with Crippen LogP contribution >= 0.6 is 11.6 Å². The molecule has 0 unspecified atom stereocenters. The zero-order chi connectivity index (χ0) is 19.2. The summed E-state index contributed by atoms with van der Waals surface area (Å²) >= 11 is 5.87. The molecule has 7 nitrogen and oxygen atoms in total. The van der Waals surface area contributed by atoms with E-state index in [4.69, 9.17) is 25.8 Å². The number of sulfonamides is 1. The van der Waals surface area contributed by atoms with Crippen molar-refractivity contribution in [2.24, 2.45) is 5.10 Å². The summed E-state index contributed by atoms with van der Waals surface area (Å²) in [5, 5.41) is 4.06. The van der Waals surface area contributed by atoms with Crippen molar-refractivity contribution < 1.29 is 22.6 Å². The minimum absolute atomic E-state index is 0.102. The van der Waals surface area contributed by atoms with Gasteiger partial charge in [-0.3, -0.25) is 0 Å². The molecule has 0 saturated heterocycles. The fourth-order valence-electron chi connectivity index (χ4n) is 2.12. The molecule has 26 heavy (non-hydrogen) atoms. The van der Waals surface area contributed by atoms with Gasteiger partial charge in [-0.1, -0.05) is 11.6 Å². The van der Waals surface area contributed by atoms with Crippen molar-refractivity contribution >= 4 is 27.8 Å². The normalized spacial score (nSPS) is 11.4. The van der Waals surface area contributed by atoms with E-state index in [1.54, 1.807) is 18.2 Å². The summed E-state index contributed by atoms with van der Waals surface area (Å²) in [6.07, 6.45) is 1.36. The Balaban J connectivity index is 2.22. The number of nitrogens with one attached hydrogen (secondary N) is 1. The van der Waals surface area contributed by atoms with E-state index in [1.807, 2.05) is 6.92 Å². The first kappa shape index (κ1) is 19.9. The van der Waals surface area contributed by atoms with Gasteiger partial charge in [0.15, 0.2) is 11.5 Å². The SMILES string of the molecule is CCOc1cc(/C=N/NS(=O)(=O)c2cc(Cl)ccc2OC)ccc1OC. The van der Waals surface area contributed by atoms with Crippen molar-refractivity contribution in [2.45, 2.75) is 11.8 Å². The molecule has 2 rings (SSSR count). The fraction of sp³-hybridized carbons (Fsp3) is 0.235. The van der Waals surface area contributed by atoms with Gasteiger partial charge >= 0.3 is 0 Å². The topological polar surface area (TPSA) is 86.2 Å². The van der Waals surface area contributed by atoms with Gasteiger partial charge in [0.2, 0.25) is 0 Å². The van der Waals surface area contributed by atoms with Crippen molar-refractivity contribution in [1.82, 2.24) is 4.83 Å². The van der Waals surface area contributed by atoms with Crippen LogP contribution in [0.4, 0.5) is 0 Å². The van der Waals surface area contributed by atoms with Crippen LogP contribution in [-0.2, 0) is 10.0 Å². The number of benzene rings is 2. The van der Waals surface area contributed by atoms with Crippen LogP contribution in [0.5, 0.6) is 17.2 Å². The van der Waals surface area contributed by atoms with Crippen LogP contribution in [0.25, 0.3) is 0 Å². The molecule has 9 heteroatoms. The molecular weight excluding hydrogens is 380 g/mol. The zero-order valence-electron chi connectivity index (χ0n) is 14.5. The van der Waals surface area contributed by atoms with E-state index in [9.17, 15) is 8.42 Å². The minimum Gasteiger partial charge on any atom is -0.495 e. The lowest BCUT2D eigenvalue weighted by atomic mass is 10.2. The molecule has 0 saturated carbocycles. The molecule has 2 aromatic carbocycles. The van der Waals surface area contributed by atoms with Gasteiger partial charge in [0.25, 0.3) is 10.0 Å². The molecule has 0 fully saturated rings. The maximum absolute atomic E-state index is 12.4. The molecule has 0 atom stereocenters. The summed E-state index contributed by atoms with van der Waals surface area (Å²) in [6.45, 7) is 2.32. The number of methoxy groups -OCH3 is 2. The van der Waals surface area contributed by atoms with Crippen molar-refractivity contribution in [3.63, 3.8) is 0 Å². The predicted octanol–water partition coefficient (Wildman–Crippen LogP) is 3.07. The summed E-state index contributed by atoms with van der Waals surface area (Å²) in [6, 6.07) is 9.42. The molecular formula is C17H19ClN2O5S. The monoisotopic (exact) mass is 398 g/mol. The molecule has 140 valence electrons. The molecule has 0 heterocycles. The van der Waals surface area contributed by atoms with E-state index in [1.165, 1.54) is 38.6 Å². The van der Waals surface area contributed by atoms with E-state index in [0.29, 0.717) is 23.7 Å². The van der Waals surface area contributed by atoms with Crippen LogP contribution in [-0.4, -0.2) is 35.5 Å². The van der Waals surface area contributed by atoms with Crippen molar-refractivity contribution in [2.75, 3.05) is 20.8 Å². The van der Waals surface area contributed by atoms with Crippen molar-refractivity contribution in [3.8, 4) is 17.2 Å². The average Bonchev–Trinajstić information content (AvgIpc) is 2.62. The molecule has 0 aliphatic carbocycles. The van der Waals surface area contributed by atoms with Gasteiger partial charge in [0, 0.05) is 5.02 Å². The highest BCUT2D eigenvalue weighted by molar-refractivity contribution is 7.89. The maximum atomic E-state index is 12.4. The Kier molecular flexibility index (Phi) is 6.70. The Bertz CT molecular complexity index is 900. The van der Waals surface area contributed by atoms with E-state index in [2.05, 4.69) is 9.93 Å². The number of ether oxygens (including phenoxy) is 3. The van der Waals surface area contributed by atoms with Crippen LogP contribution in [0.2, 0.25) is 5.02 Å². The Morgan fingerprint density at radius 2 is 1.77 bits per heavy atom. The lowest BCUT2D eigenvalue weighted by molar-refractivity contribution is 0.311. The van der Waals surface area contributed by atoms with Crippen LogP contribution in [0.15, 0.2) is 46.4 Å². The van der Waals surface area contributed by atoms with E-state index < -0.39 is 10.0 Å². The number of rotatable bonds is 8. The Hall–Kier alpha value is -2.45. The van der Waals surface area contributed by atoms with E-state index in [0.717, 1.165) is 0 Å². The minimum atomic E-state index is -3.94. The van der Waals surface area contributed by atoms with Crippen LogP contribution in [0.1, 0.15) is 12.5 Å². The van der Waals surface area contributed by atoms with Gasteiger partial charge in [-0.15, -0.1) is 0 Å². The summed E-state index contributed by atoms with van der Waals surface area (Å²) in [5.74, 6) is 1.28. The molecule has 2 aromatic rings. The molecule has 1 N–H and O–H groups in total. The number of hydrazone groups is 1. The number of hydrogen-bond donors (Lipinski definition) is 1. The van der Waals surface area contributed by atoms with Gasteiger partial charge in [-0.25, -0.2) is 0 Å². The highest BCUT2D eigenvalue weighted by Crippen LogP contribution is 2.28. The summed E-state index contributed by atoms with van der Waals surface area (Å²) in [7, 11) is -1.03. The number of hydrogen-bond acceptors (Lipinski definition) is 6. The van der Waals surface area contributed by atoms with Crippen molar-refractivity contribution in [3.05, 3.63) is 47.0 Å². The predicted molar refractivity (Wildman–Crippen MR) is 100 cm³/mol.